The fourth-order valence-corrected chi connectivity index (χ4v) is 1.87. The number of hydrogen-bond acceptors (Lipinski definition) is 3. The van der Waals surface area contributed by atoms with Gasteiger partial charge in [-0.1, -0.05) is 11.6 Å². The van der Waals surface area contributed by atoms with Crippen LogP contribution in [0.1, 0.15) is 16.2 Å². The first-order valence-corrected chi connectivity index (χ1v) is 6.39. The van der Waals surface area contributed by atoms with E-state index < -0.39 is 12.0 Å². The molecule has 0 saturated heterocycles. The molecule has 0 bridgehead atoms. The van der Waals surface area contributed by atoms with Crippen molar-refractivity contribution in [3.8, 4) is 0 Å². The minimum atomic E-state index is -1.08. The van der Waals surface area contributed by atoms with E-state index in [4.69, 9.17) is 16.7 Å². The average molecular weight is 309 g/mol. The van der Waals surface area contributed by atoms with E-state index >= 15 is 0 Å². The lowest BCUT2D eigenvalue weighted by Crippen LogP contribution is -2.29. The maximum Gasteiger partial charge on any atom is 0.335 e. The van der Waals surface area contributed by atoms with Crippen molar-refractivity contribution in [1.82, 2.24) is 14.9 Å². The number of urea groups is 1. The van der Waals surface area contributed by atoms with Crippen LogP contribution in [0.2, 0.25) is 5.02 Å². The molecule has 0 radical (unpaired) electrons. The van der Waals surface area contributed by atoms with Gasteiger partial charge in [0.2, 0.25) is 0 Å². The Bertz CT molecular complexity index is 684. The van der Waals surface area contributed by atoms with Gasteiger partial charge in [-0.2, -0.15) is 0 Å². The molecule has 0 fully saturated rings. The summed E-state index contributed by atoms with van der Waals surface area (Å²) in [6, 6.07) is 3.62. The Morgan fingerprint density at radius 2 is 2.19 bits per heavy atom. The highest BCUT2D eigenvalue weighted by Crippen LogP contribution is 2.22. The summed E-state index contributed by atoms with van der Waals surface area (Å²) in [7, 11) is 1.82. The Hall–Kier alpha value is -2.54. The van der Waals surface area contributed by atoms with E-state index in [1.807, 2.05) is 7.05 Å². The molecule has 0 spiro atoms. The second-order valence-corrected chi connectivity index (χ2v) is 4.67. The van der Waals surface area contributed by atoms with E-state index in [1.54, 1.807) is 17.0 Å². The molecule has 3 N–H and O–H groups in total. The number of anilines is 1. The molecule has 2 rings (SSSR count). The van der Waals surface area contributed by atoms with Gasteiger partial charge in [0.15, 0.2) is 0 Å². The monoisotopic (exact) mass is 308 g/mol. The number of halogens is 1. The van der Waals surface area contributed by atoms with Crippen molar-refractivity contribution < 1.29 is 14.7 Å². The molecule has 0 aliphatic rings. The van der Waals surface area contributed by atoms with Crippen molar-refractivity contribution in [3.63, 3.8) is 0 Å². The predicted octanol–water partition coefficient (Wildman–Crippen LogP) is 2.09. The van der Waals surface area contributed by atoms with E-state index in [2.05, 4.69) is 15.6 Å². The van der Waals surface area contributed by atoms with Crippen LogP contribution < -0.4 is 10.6 Å². The lowest BCUT2D eigenvalue weighted by Gasteiger charge is -2.09. The molecular formula is C13H13ClN4O3. The third-order valence-electron chi connectivity index (χ3n) is 2.79. The number of aromatic carboxylic acids is 1. The van der Waals surface area contributed by atoms with Crippen LogP contribution in [0.25, 0.3) is 0 Å². The van der Waals surface area contributed by atoms with Crippen molar-refractivity contribution >= 4 is 29.3 Å². The summed E-state index contributed by atoms with van der Waals surface area (Å²) < 4.78 is 1.79. The summed E-state index contributed by atoms with van der Waals surface area (Å²) in [5, 5.41) is 14.2. The number of carbonyl (C=O) groups is 2. The largest absolute Gasteiger partial charge is 0.478 e. The normalized spacial score (nSPS) is 10.2. The van der Waals surface area contributed by atoms with Crippen LogP contribution in [0.15, 0.2) is 30.6 Å². The summed E-state index contributed by atoms with van der Waals surface area (Å²) in [6.45, 7) is 0.264. The minimum Gasteiger partial charge on any atom is -0.478 e. The number of amides is 2. The van der Waals surface area contributed by atoms with Gasteiger partial charge in [-0.05, 0) is 18.2 Å². The van der Waals surface area contributed by atoms with Gasteiger partial charge in [-0.3, -0.25) is 0 Å². The first-order valence-electron chi connectivity index (χ1n) is 6.01. The molecule has 1 heterocycles. The Morgan fingerprint density at radius 3 is 2.76 bits per heavy atom. The molecule has 1 aromatic carbocycles. The van der Waals surface area contributed by atoms with Gasteiger partial charge in [-0.15, -0.1) is 0 Å². The van der Waals surface area contributed by atoms with Gasteiger partial charge < -0.3 is 20.3 Å². The lowest BCUT2D eigenvalue weighted by molar-refractivity contribution is 0.0697. The van der Waals surface area contributed by atoms with Crippen molar-refractivity contribution in [2.45, 2.75) is 6.54 Å². The topological polar surface area (TPSA) is 96.3 Å². The quantitative estimate of drug-likeness (QED) is 0.805. The number of nitrogens with zero attached hydrogens (tertiary/aromatic N) is 2. The lowest BCUT2D eigenvalue weighted by atomic mass is 10.2. The van der Waals surface area contributed by atoms with Gasteiger partial charge in [-0.25, -0.2) is 14.6 Å². The van der Waals surface area contributed by atoms with Gasteiger partial charge in [0.25, 0.3) is 0 Å². The van der Waals surface area contributed by atoms with Crippen LogP contribution in [0.5, 0.6) is 0 Å². The maximum atomic E-state index is 11.8. The Balaban J connectivity index is 1.96. The highest BCUT2D eigenvalue weighted by atomic mass is 35.5. The van der Waals surface area contributed by atoms with Crippen LogP contribution in [-0.4, -0.2) is 26.7 Å². The van der Waals surface area contributed by atoms with Gasteiger partial charge >= 0.3 is 12.0 Å². The fraction of sp³-hybridized carbons (Fsp3) is 0.154. The van der Waals surface area contributed by atoms with E-state index in [1.165, 1.54) is 18.2 Å². The van der Waals surface area contributed by atoms with Crippen molar-refractivity contribution in [1.29, 1.82) is 0 Å². The van der Waals surface area contributed by atoms with Crippen molar-refractivity contribution in [2.24, 2.45) is 7.05 Å². The van der Waals surface area contributed by atoms with Crippen LogP contribution in [0.3, 0.4) is 0 Å². The fourth-order valence-electron chi connectivity index (χ4n) is 1.64. The maximum absolute atomic E-state index is 11.8. The molecular weight excluding hydrogens is 296 g/mol. The highest BCUT2D eigenvalue weighted by Gasteiger charge is 2.10. The Kier molecular flexibility index (Phi) is 4.44. The van der Waals surface area contributed by atoms with Crippen molar-refractivity contribution in [2.75, 3.05) is 5.32 Å². The number of rotatable bonds is 4. The zero-order valence-corrected chi connectivity index (χ0v) is 11.9. The first-order chi connectivity index (χ1) is 9.97. The highest BCUT2D eigenvalue weighted by molar-refractivity contribution is 6.34. The van der Waals surface area contributed by atoms with Crippen LogP contribution in [0.4, 0.5) is 10.5 Å². The van der Waals surface area contributed by atoms with Crippen molar-refractivity contribution in [3.05, 3.63) is 47.0 Å². The second kappa shape index (κ2) is 6.27. The molecule has 0 aliphatic heterocycles. The van der Waals surface area contributed by atoms with Gasteiger partial charge in [0.05, 0.1) is 22.8 Å². The van der Waals surface area contributed by atoms with Crippen LogP contribution in [0, 0.1) is 0 Å². The molecule has 2 amide bonds. The molecule has 110 valence electrons. The zero-order chi connectivity index (χ0) is 15.4. The third-order valence-corrected chi connectivity index (χ3v) is 3.10. The molecule has 1 aromatic heterocycles. The van der Waals surface area contributed by atoms with Gasteiger partial charge in [0.1, 0.15) is 5.82 Å². The summed E-state index contributed by atoms with van der Waals surface area (Å²) in [6.07, 6.45) is 3.41. The van der Waals surface area contributed by atoms with Crippen LogP contribution in [-0.2, 0) is 13.6 Å². The summed E-state index contributed by atoms with van der Waals surface area (Å²) in [4.78, 5) is 26.6. The number of aryl methyl sites for hydroxylation is 1. The van der Waals surface area contributed by atoms with Crippen LogP contribution >= 0.6 is 11.6 Å². The SMILES string of the molecule is Cn1ccnc1CNC(=O)Nc1ccc(C(=O)O)cc1Cl. The average Bonchev–Trinajstić information content (AvgIpc) is 2.84. The molecule has 0 saturated carbocycles. The predicted molar refractivity (Wildman–Crippen MR) is 77.5 cm³/mol. The zero-order valence-electron chi connectivity index (χ0n) is 11.1. The summed E-state index contributed by atoms with van der Waals surface area (Å²) >= 11 is 5.92. The molecule has 8 heteroatoms. The standard InChI is InChI=1S/C13H13ClN4O3/c1-18-5-4-15-11(18)7-16-13(21)17-10-3-2-8(12(19)20)6-9(10)14/h2-6H,7H2,1H3,(H,19,20)(H2,16,17,21). The Labute approximate surface area is 125 Å². The molecule has 21 heavy (non-hydrogen) atoms. The number of hydrogen-bond donors (Lipinski definition) is 3. The molecule has 0 atom stereocenters. The van der Waals surface area contributed by atoms with E-state index in [0.29, 0.717) is 11.5 Å². The summed E-state index contributed by atoms with van der Waals surface area (Å²) in [5.41, 5.74) is 0.387. The number of aromatic nitrogens is 2. The third kappa shape index (κ3) is 3.73. The van der Waals surface area contributed by atoms with E-state index in [0.717, 1.165) is 0 Å². The minimum absolute atomic E-state index is 0.0546. The Morgan fingerprint density at radius 1 is 1.43 bits per heavy atom. The number of carbonyl (C=O) groups excluding carboxylic acids is 1. The first kappa shape index (κ1) is 14.9. The molecule has 0 aliphatic carbocycles. The smallest absolute Gasteiger partial charge is 0.335 e. The second-order valence-electron chi connectivity index (χ2n) is 4.26. The summed E-state index contributed by atoms with van der Waals surface area (Å²) in [5.74, 6) is -0.375. The molecule has 2 aromatic rings. The van der Waals surface area contributed by atoms with E-state index in [-0.39, 0.29) is 17.1 Å². The molecule has 7 nitrogen and oxygen atoms in total. The number of imidazole rings is 1. The molecule has 0 unspecified atom stereocenters. The number of carboxylic acid groups (broad SMARTS) is 1. The number of carboxylic acids is 1. The van der Waals surface area contributed by atoms with E-state index in [9.17, 15) is 9.59 Å². The number of nitrogens with one attached hydrogen (secondary N) is 2. The van der Waals surface area contributed by atoms with Gasteiger partial charge in [0, 0.05) is 19.4 Å². The number of benzene rings is 1.